The Kier molecular flexibility index (Phi) is 3.19. The molecule has 0 heterocycles. The highest BCUT2D eigenvalue weighted by Gasteiger charge is 2.16. The van der Waals surface area contributed by atoms with Crippen LogP contribution in [0, 0.1) is 11.6 Å². The standard InChI is InChI=1S/C12H14F2O/c13-9-6-7-12(11(14)8-9)15-10-4-2-1-3-5-10/h6-8,10H,1-5H2. The van der Waals surface area contributed by atoms with Crippen LogP contribution in [0.2, 0.25) is 0 Å². The fourth-order valence-corrected chi connectivity index (χ4v) is 1.93. The minimum absolute atomic E-state index is 0.0960. The lowest BCUT2D eigenvalue weighted by molar-refractivity contribution is 0.148. The molecular weight excluding hydrogens is 198 g/mol. The predicted molar refractivity (Wildman–Crippen MR) is 53.9 cm³/mol. The Bertz CT molecular complexity index is 332. The van der Waals surface area contributed by atoms with Crippen LogP contribution in [0.25, 0.3) is 0 Å². The van der Waals surface area contributed by atoms with Gasteiger partial charge in [0.1, 0.15) is 5.82 Å². The minimum atomic E-state index is -0.611. The van der Waals surface area contributed by atoms with E-state index in [4.69, 9.17) is 4.74 Å². The molecule has 0 spiro atoms. The fourth-order valence-electron chi connectivity index (χ4n) is 1.93. The van der Waals surface area contributed by atoms with Crippen molar-refractivity contribution in [3.05, 3.63) is 29.8 Å². The van der Waals surface area contributed by atoms with Crippen LogP contribution in [0.3, 0.4) is 0 Å². The largest absolute Gasteiger partial charge is 0.487 e. The first-order valence-corrected chi connectivity index (χ1v) is 5.37. The van der Waals surface area contributed by atoms with Crippen molar-refractivity contribution in [3.63, 3.8) is 0 Å². The molecule has 0 aliphatic heterocycles. The number of hydrogen-bond donors (Lipinski definition) is 0. The number of rotatable bonds is 2. The van der Waals surface area contributed by atoms with Crippen LogP contribution in [-0.4, -0.2) is 6.10 Å². The molecule has 0 amide bonds. The molecule has 1 saturated carbocycles. The maximum Gasteiger partial charge on any atom is 0.167 e. The summed E-state index contributed by atoms with van der Waals surface area (Å²) < 4.78 is 31.4. The summed E-state index contributed by atoms with van der Waals surface area (Å²) in [6.45, 7) is 0. The van der Waals surface area contributed by atoms with Crippen molar-refractivity contribution in [1.29, 1.82) is 0 Å². The molecule has 1 nitrogen and oxygen atoms in total. The van der Waals surface area contributed by atoms with Gasteiger partial charge in [0.25, 0.3) is 0 Å². The highest BCUT2D eigenvalue weighted by atomic mass is 19.1. The molecule has 1 fully saturated rings. The van der Waals surface area contributed by atoms with E-state index in [0.717, 1.165) is 31.7 Å². The van der Waals surface area contributed by atoms with E-state index in [9.17, 15) is 8.78 Å². The van der Waals surface area contributed by atoms with Crippen LogP contribution in [0.4, 0.5) is 8.78 Å². The van der Waals surface area contributed by atoms with E-state index in [2.05, 4.69) is 0 Å². The lowest BCUT2D eigenvalue weighted by Gasteiger charge is -2.23. The second-order valence-corrected chi connectivity index (χ2v) is 3.95. The maximum absolute atomic E-state index is 13.2. The van der Waals surface area contributed by atoms with Crippen LogP contribution in [0.1, 0.15) is 32.1 Å². The lowest BCUT2D eigenvalue weighted by Crippen LogP contribution is -2.20. The van der Waals surface area contributed by atoms with Gasteiger partial charge in [-0.1, -0.05) is 6.42 Å². The summed E-state index contributed by atoms with van der Waals surface area (Å²) in [5.41, 5.74) is 0. The average molecular weight is 212 g/mol. The predicted octanol–water partition coefficient (Wildman–Crippen LogP) is 3.68. The summed E-state index contributed by atoms with van der Waals surface area (Å²) in [6, 6.07) is 3.44. The normalized spacial score (nSPS) is 17.7. The molecule has 1 aromatic carbocycles. The lowest BCUT2D eigenvalue weighted by atomic mass is 9.98. The third-order valence-corrected chi connectivity index (χ3v) is 2.74. The van der Waals surface area contributed by atoms with Crippen LogP contribution >= 0.6 is 0 Å². The Hall–Kier alpha value is -1.12. The first-order valence-electron chi connectivity index (χ1n) is 5.37. The van der Waals surface area contributed by atoms with Crippen molar-refractivity contribution in [2.45, 2.75) is 38.2 Å². The summed E-state index contributed by atoms with van der Waals surface area (Å²) in [5.74, 6) is -1.01. The molecule has 0 N–H and O–H groups in total. The van der Waals surface area contributed by atoms with E-state index in [1.165, 1.54) is 18.6 Å². The molecule has 15 heavy (non-hydrogen) atoms. The van der Waals surface area contributed by atoms with Crippen molar-refractivity contribution in [2.75, 3.05) is 0 Å². The second kappa shape index (κ2) is 4.60. The molecular formula is C12H14F2O. The summed E-state index contributed by atoms with van der Waals surface area (Å²) in [5, 5.41) is 0. The average Bonchev–Trinajstić information content (AvgIpc) is 2.24. The van der Waals surface area contributed by atoms with Crippen molar-refractivity contribution in [3.8, 4) is 5.75 Å². The molecule has 0 saturated heterocycles. The van der Waals surface area contributed by atoms with E-state index in [1.54, 1.807) is 0 Å². The van der Waals surface area contributed by atoms with Crippen LogP contribution in [-0.2, 0) is 0 Å². The Morgan fingerprint density at radius 2 is 1.80 bits per heavy atom. The maximum atomic E-state index is 13.2. The quantitative estimate of drug-likeness (QED) is 0.726. The van der Waals surface area contributed by atoms with E-state index in [0.29, 0.717) is 0 Å². The summed E-state index contributed by atoms with van der Waals surface area (Å²) in [6.07, 6.45) is 5.53. The smallest absolute Gasteiger partial charge is 0.167 e. The van der Waals surface area contributed by atoms with Crippen molar-refractivity contribution >= 4 is 0 Å². The van der Waals surface area contributed by atoms with Gasteiger partial charge in [-0.3, -0.25) is 0 Å². The molecule has 1 aliphatic rings. The molecule has 0 radical (unpaired) electrons. The van der Waals surface area contributed by atoms with Crippen molar-refractivity contribution in [2.24, 2.45) is 0 Å². The van der Waals surface area contributed by atoms with Gasteiger partial charge in [-0.05, 0) is 37.8 Å². The zero-order valence-electron chi connectivity index (χ0n) is 8.51. The third-order valence-electron chi connectivity index (χ3n) is 2.74. The third kappa shape index (κ3) is 2.67. The zero-order chi connectivity index (χ0) is 10.7. The van der Waals surface area contributed by atoms with Gasteiger partial charge >= 0.3 is 0 Å². The fraction of sp³-hybridized carbons (Fsp3) is 0.500. The molecule has 2 rings (SSSR count). The van der Waals surface area contributed by atoms with Gasteiger partial charge in [0.2, 0.25) is 0 Å². The topological polar surface area (TPSA) is 9.23 Å². The highest BCUT2D eigenvalue weighted by Crippen LogP contribution is 2.25. The van der Waals surface area contributed by atoms with E-state index < -0.39 is 11.6 Å². The van der Waals surface area contributed by atoms with Gasteiger partial charge < -0.3 is 4.74 Å². The van der Waals surface area contributed by atoms with Crippen LogP contribution in [0.15, 0.2) is 18.2 Å². The minimum Gasteiger partial charge on any atom is -0.487 e. The SMILES string of the molecule is Fc1ccc(OC2CCCCC2)c(F)c1. The number of benzene rings is 1. The summed E-state index contributed by atoms with van der Waals surface area (Å²) in [7, 11) is 0. The Morgan fingerprint density at radius 1 is 1.07 bits per heavy atom. The Labute approximate surface area is 88.1 Å². The second-order valence-electron chi connectivity index (χ2n) is 3.95. The summed E-state index contributed by atoms with van der Waals surface area (Å²) in [4.78, 5) is 0. The molecule has 0 unspecified atom stereocenters. The monoisotopic (exact) mass is 212 g/mol. The number of hydrogen-bond acceptors (Lipinski definition) is 1. The molecule has 0 aromatic heterocycles. The zero-order valence-corrected chi connectivity index (χ0v) is 8.51. The Balaban J connectivity index is 2.03. The van der Waals surface area contributed by atoms with Gasteiger partial charge in [0, 0.05) is 6.07 Å². The summed E-state index contributed by atoms with van der Waals surface area (Å²) >= 11 is 0. The van der Waals surface area contributed by atoms with Gasteiger partial charge in [-0.2, -0.15) is 0 Å². The van der Waals surface area contributed by atoms with Gasteiger partial charge in [-0.25, -0.2) is 8.78 Å². The molecule has 1 aliphatic carbocycles. The van der Waals surface area contributed by atoms with E-state index >= 15 is 0 Å². The molecule has 0 bridgehead atoms. The van der Waals surface area contributed by atoms with Crippen LogP contribution in [0.5, 0.6) is 5.75 Å². The molecule has 1 aromatic rings. The van der Waals surface area contributed by atoms with E-state index in [1.807, 2.05) is 0 Å². The van der Waals surface area contributed by atoms with Gasteiger partial charge in [0.15, 0.2) is 11.6 Å². The number of ether oxygens (including phenoxy) is 1. The molecule has 0 atom stereocenters. The van der Waals surface area contributed by atoms with Gasteiger partial charge in [0.05, 0.1) is 6.10 Å². The van der Waals surface area contributed by atoms with E-state index in [-0.39, 0.29) is 11.9 Å². The Morgan fingerprint density at radius 3 is 2.47 bits per heavy atom. The highest BCUT2D eigenvalue weighted by molar-refractivity contribution is 5.24. The first kappa shape index (κ1) is 10.4. The van der Waals surface area contributed by atoms with Crippen LogP contribution < -0.4 is 4.74 Å². The number of halogens is 2. The van der Waals surface area contributed by atoms with Crippen molar-refractivity contribution < 1.29 is 13.5 Å². The molecule has 82 valence electrons. The molecule has 3 heteroatoms. The van der Waals surface area contributed by atoms with Gasteiger partial charge in [-0.15, -0.1) is 0 Å². The van der Waals surface area contributed by atoms with Crippen molar-refractivity contribution in [1.82, 2.24) is 0 Å². The first-order chi connectivity index (χ1) is 7.25.